The predicted octanol–water partition coefficient (Wildman–Crippen LogP) is 3.31. The lowest BCUT2D eigenvalue weighted by atomic mass is 10.1. The number of hydrogen-bond donors (Lipinski definition) is 2. The highest BCUT2D eigenvalue weighted by Crippen LogP contribution is 2.22. The number of amides is 1. The van der Waals surface area contributed by atoms with Gasteiger partial charge in [0.2, 0.25) is 11.9 Å². The second-order valence-corrected chi connectivity index (χ2v) is 8.63. The summed E-state index contributed by atoms with van der Waals surface area (Å²) in [5.41, 5.74) is 3.98. The summed E-state index contributed by atoms with van der Waals surface area (Å²) in [4.78, 5) is 43.4. The molecule has 2 aromatic carbocycles. The van der Waals surface area contributed by atoms with Crippen LogP contribution in [0.2, 0.25) is 0 Å². The lowest BCUT2D eigenvalue weighted by Gasteiger charge is -2.11. The zero-order chi connectivity index (χ0) is 26.3. The fourth-order valence-corrected chi connectivity index (χ4v) is 4.01. The molecular formula is C25H22N8O4. The van der Waals surface area contributed by atoms with Crippen LogP contribution in [0.3, 0.4) is 0 Å². The molecule has 3 heterocycles. The standard InChI is InChI=1S/C25H22N8O4/c1-14-5-4-6-20(16(14)3)31-23-19(13-26-31)24(35)29-25(28-23)32-21(11-15(2)30-32)27-22(34)12-17-7-9-18(10-8-17)33(36)37/h4-11,13H,12H2,1-3H3,(H,27,34)(H,28,29,35). The third kappa shape index (κ3) is 4.47. The summed E-state index contributed by atoms with van der Waals surface area (Å²) in [6, 6.07) is 13.2. The van der Waals surface area contributed by atoms with E-state index in [0.717, 1.165) is 16.8 Å². The van der Waals surface area contributed by atoms with Crippen LogP contribution in [0.5, 0.6) is 0 Å². The monoisotopic (exact) mass is 498 g/mol. The summed E-state index contributed by atoms with van der Waals surface area (Å²) in [6.45, 7) is 5.72. The Kier molecular flexibility index (Phi) is 5.84. The highest BCUT2D eigenvalue weighted by atomic mass is 16.6. The van der Waals surface area contributed by atoms with Gasteiger partial charge in [-0.2, -0.15) is 19.9 Å². The van der Waals surface area contributed by atoms with E-state index in [1.54, 1.807) is 17.7 Å². The van der Waals surface area contributed by atoms with Gasteiger partial charge < -0.3 is 5.32 Å². The highest BCUT2D eigenvalue weighted by Gasteiger charge is 2.18. The number of carbonyl (C=O) groups excluding carboxylic acids is 1. The van der Waals surface area contributed by atoms with Crippen molar-refractivity contribution in [1.82, 2.24) is 29.5 Å². The fourth-order valence-electron chi connectivity index (χ4n) is 4.01. The minimum atomic E-state index is -0.498. The SMILES string of the molecule is Cc1cc(NC(=O)Cc2ccc([N+](=O)[O-])cc2)n(-c2nc3c(cnn3-c3cccc(C)c3C)c(=O)[nH]2)n1. The van der Waals surface area contributed by atoms with Crippen molar-refractivity contribution in [2.75, 3.05) is 5.32 Å². The van der Waals surface area contributed by atoms with Gasteiger partial charge in [0.15, 0.2) is 5.65 Å². The van der Waals surface area contributed by atoms with Crippen LogP contribution < -0.4 is 10.9 Å². The Balaban J connectivity index is 1.49. The quantitative estimate of drug-likeness (QED) is 0.269. The Morgan fingerprint density at radius 1 is 1.11 bits per heavy atom. The van der Waals surface area contributed by atoms with Gasteiger partial charge >= 0.3 is 0 Å². The number of nitrogens with one attached hydrogen (secondary N) is 2. The van der Waals surface area contributed by atoms with Crippen LogP contribution in [0.25, 0.3) is 22.7 Å². The van der Waals surface area contributed by atoms with Crippen molar-refractivity contribution >= 4 is 28.4 Å². The summed E-state index contributed by atoms with van der Waals surface area (Å²) in [5.74, 6) is 0.0619. The number of carbonyl (C=O) groups is 1. The van der Waals surface area contributed by atoms with Gasteiger partial charge in [0.25, 0.3) is 11.2 Å². The molecular weight excluding hydrogens is 476 g/mol. The van der Waals surface area contributed by atoms with Crippen molar-refractivity contribution in [1.29, 1.82) is 0 Å². The zero-order valence-electron chi connectivity index (χ0n) is 20.2. The number of nitro groups is 1. The summed E-state index contributed by atoms with van der Waals surface area (Å²) in [7, 11) is 0. The topological polar surface area (TPSA) is 154 Å². The number of H-pyrrole nitrogens is 1. The molecule has 37 heavy (non-hydrogen) atoms. The van der Waals surface area contributed by atoms with Gasteiger partial charge in [-0.1, -0.05) is 24.3 Å². The molecule has 0 saturated heterocycles. The number of rotatable bonds is 6. The van der Waals surface area contributed by atoms with Crippen LogP contribution in [0, 0.1) is 30.9 Å². The summed E-state index contributed by atoms with van der Waals surface area (Å²) in [5, 5.41) is 22.8. The molecule has 0 aliphatic heterocycles. The molecule has 0 radical (unpaired) electrons. The van der Waals surface area contributed by atoms with E-state index in [0.29, 0.717) is 28.1 Å². The van der Waals surface area contributed by atoms with Crippen molar-refractivity contribution < 1.29 is 9.72 Å². The van der Waals surface area contributed by atoms with E-state index in [2.05, 4.69) is 25.5 Å². The molecule has 0 aliphatic carbocycles. The number of nitro benzene ring substituents is 1. The number of non-ortho nitro benzene ring substituents is 1. The van der Waals surface area contributed by atoms with Gasteiger partial charge in [0.1, 0.15) is 11.2 Å². The number of benzene rings is 2. The molecule has 1 amide bonds. The molecule has 3 aromatic heterocycles. The van der Waals surface area contributed by atoms with E-state index in [1.165, 1.54) is 35.1 Å². The normalized spacial score (nSPS) is 11.1. The van der Waals surface area contributed by atoms with Crippen molar-refractivity contribution in [2.24, 2.45) is 0 Å². The summed E-state index contributed by atoms with van der Waals surface area (Å²) in [6.07, 6.45) is 1.46. The van der Waals surface area contributed by atoms with Crippen LogP contribution in [-0.4, -0.2) is 40.4 Å². The number of aromatic amines is 1. The molecule has 0 bridgehead atoms. The smallest absolute Gasteiger partial charge is 0.269 e. The Bertz CT molecular complexity index is 1730. The molecule has 0 unspecified atom stereocenters. The predicted molar refractivity (Wildman–Crippen MR) is 136 cm³/mol. The maximum Gasteiger partial charge on any atom is 0.269 e. The van der Waals surface area contributed by atoms with E-state index < -0.39 is 10.5 Å². The number of aryl methyl sites for hydroxylation is 2. The van der Waals surface area contributed by atoms with Gasteiger partial charge in [-0.15, -0.1) is 0 Å². The molecule has 0 atom stereocenters. The van der Waals surface area contributed by atoms with Crippen LogP contribution in [0.4, 0.5) is 11.5 Å². The Hall–Kier alpha value is -5.13. The van der Waals surface area contributed by atoms with Crippen LogP contribution in [0.15, 0.2) is 59.5 Å². The van der Waals surface area contributed by atoms with Crippen molar-refractivity contribution in [3.63, 3.8) is 0 Å². The average Bonchev–Trinajstić information content (AvgIpc) is 3.44. The highest BCUT2D eigenvalue weighted by molar-refractivity contribution is 5.91. The minimum absolute atomic E-state index is 0.00931. The molecule has 12 heteroatoms. The van der Waals surface area contributed by atoms with Crippen LogP contribution >= 0.6 is 0 Å². The van der Waals surface area contributed by atoms with E-state index in [9.17, 15) is 19.7 Å². The molecule has 5 aromatic rings. The third-order valence-corrected chi connectivity index (χ3v) is 6.04. The second kappa shape index (κ2) is 9.15. The number of fused-ring (bicyclic) bond motifs is 1. The van der Waals surface area contributed by atoms with Crippen LogP contribution in [-0.2, 0) is 11.2 Å². The van der Waals surface area contributed by atoms with Gasteiger partial charge in [-0.25, -0.2) is 4.68 Å². The number of anilines is 1. The molecule has 0 aliphatic rings. The number of nitrogens with zero attached hydrogens (tertiary/aromatic N) is 6. The summed E-state index contributed by atoms with van der Waals surface area (Å²) >= 11 is 0. The first-order valence-electron chi connectivity index (χ1n) is 11.4. The van der Waals surface area contributed by atoms with Gasteiger partial charge in [0.05, 0.1) is 28.9 Å². The molecule has 5 rings (SSSR count). The maximum atomic E-state index is 12.9. The van der Waals surface area contributed by atoms with Gasteiger partial charge in [-0.3, -0.25) is 24.7 Å². The third-order valence-electron chi connectivity index (χ3n) is 6.04. The molecule has 12 nitrogen and oxygen atoms in total. The first-order valence-corrected chi connectivity index (χ1v) is 11.4. The zero-order valence-corrected chi connectivity index (χ0v) is 20.2. The van der Waals surface area contributed by atoms with E-state index in [1.807, 2.05) is 32.0 Å². The average molecular weight is 499 g/mol. The number of hydrogen-bond acceptors (Lipinski definition) is 7. The minimum Gasteiger partial charge on any atom is -0.310 e. The lowest BCUT2D eigenvalue weighted by Crippen LogP contribution is -2.20. The van der Waals surface area contributed by atoms with Crippen molar-refractivity contribution in [3.05, 3.63) is 97.6 Å². The first-order chi connectivity index (χ1) is 17.7. The molecule has 0 spiro atoms. The maximum absolute atomic E-state index is 12.9. The van der Waals surface area contributed by atoms with Crippen LogP contribution in [0.1, 0.15) is 22.4 Å². The summed E-state index contributed by atoms with van der Waals surface area (Å²) < 4.78 is 2.96. The van der Waals surface area contributed by atoms with Crippen molar-refractivity contribution in [3.8, 4) is 11.6 Å². The fraction of sp³-hybridized carbons (Fsp3) is 0.160. The van der Waals surface area contributed by atoms with Crippen molar-refractivity contribution in [2.45, 2.75) is 27.2 Å². The molecule has 186 valence electrons. The molecule has 0 saturated carbocycles. The largest absolute Gasteiger partial charge is 0.310 e. The second-order valence-electron chi connectivity index (χ2n) is 8.63. The molecule has 2 N–H and O–H groups in total. The van der Waals surface area contributed by atoms with E-state index in [4.69, 9.17) is 0 Å². The van der Waals surface area contributed by atoms with E-state index >= 15 is 0 Å². The number of aromatic nitrogens is 6. The lowest BCUT2D eigenvalue weighted by molar-refractivity contribution is -0.384. The Morgan fingerprint density at radius 2 is 1.86 bits per heavy atom. The Morgan fingerprint density at radius 3 is 2.59 bits per heavy atom. The van der Waals surface area contributed by atoms with E-state index in [-0.39, 0.29) is 24.0 Å². The van der Waals surface area contributed by atoms with Gasteiger partial charge in [-0.05, 0) is 43.5 Å². The molecule has 0 fully saturated rings. The first kappa shape index (κ1) is 23.6. The Labute approximate surface area is 209 Å². The van der Waals surface area contributed by atoms with Gasteiger partial charge in [0, 0.05) is 18.2 Å².